The van der Waals surface area contributed by atoms with Crippen LogP contribution in [-0.2, 0) is 13.0 Å². The molecule has 1 aromatic carbocycles. The van der Waals surface area contributed by atoms with E-state index in [0.717, 1.165) is 41.7 Å². The van der Waals surface area contributed by atoms with Gasteiger partial charge in [0.15, 0.2) is 0 Å². The summed E-state index contributed by atoms with van der Waals surface area (Å²) >= 11 is 0. The number of benzene rings is 1. The van der Waals surface area contributed by atoms with Crippen LogP contribution in [0.15, 0.2) is 54.9 Å². The fraction of sp³-hybridized carbons (Fsp3) is 0.250. The minimum absolute atomic E-state index is 0.697. The van der Waals surface area contributed by atoms with Gasteiger partial charge in [-0.15, -0.1) is 0 Å². The van der Waals surface area contributed by atoms with Gasteiger partial charge in [-0.3, -0.25) is 4.98 Å². The maximum Gasteiger partial charge on any atom is 0.132 e. The van der Waals surface area contributed by atoms with E-state index in [2.05, 4.69) is 37.7 Å². The van der Waals surface area contributed by atoms with Gasteiger partial charge in [0.1, 0.15) is 23.2 Å². The van der Waals surface area contributed by atoms with Crippen LogP contribution in [0.2, 0.25) is 0 Å². The van der Waals surface area contributed by atoms with Crippen molar-refractivity contribution in [3.8, 4) is 5.75 Å². The second kappa shape index (κ2) is 8.80. The van der Waals surface area contributed by atoms with Gasteiger partial charge in [-0.25, -0.2) is 9.97 Å². The van der Waals surface area contributed by atoms with Crippen LogP contribution in [0.4, 0.5) is 11.6 Å². The Hall–Kier alpha value is -3.15. The molecule has 0 bridgehead atoms. The Bertz CT molecular complexity index is 839. The number of nitrogens with one attached hydrogen (secondary N) is 2. The molecule has 2 N–H and O–H groups in total. The zero-order valence-corrected chi connectivity index (χ0v) is 15.1. The lowest BCUT2D eigenvalue weighted by Crippen LogP contribution is -2.09. The summed E-state index contributed by atoms with van der Waals surface area (Å²) in [5, 5.41) is 6.70. The van der Waals surface area contributed by atoms with Gasteiger partial charge in [-0.2, -0.15) is 0 Å². The largest absolute Gasteiger partial charge is 0.497 e. The molecule has 0 saturated carbocycles. The maximum absolute atomic E-state index is 5.26. The smallest absolute Gasteiger partial charge is 0.132 e. The summed E-state index contributed by atoms with van der Waals surface area (Å²) in [6.45, 7) is 3.38. The zero-order chi connectivity index (χ0) is 18.2. The number of rotatable bonds is 8. The molecule has 0 aliphatic heterocycles. The second-order valence-electron chi connectivity index (χ2n) is 5.92. The number of hydrogen-bond acceptors (Lipinski definition) is 6. The second-order valence-corrected chi connectivity index (χ2v) is 5.92. The van der Waals surface area contributed by atoms with Crippen LogP contribution in [0, 0.1) is 6.92 Å². The highest BCUT2D eigenvalue weighted by Crippen LogP contribution is 2.15. The van der Waals surface area contributed by atoms with Crippen LogP contribution in [-0.4, -0.2) is 28.6 Å². The van der Waals surface area contributed by atoms with Crippen molar-refractivity contribution in [1.82, 2.24) is 15.0 Å². The van der Waals surface area contributed by atoms with Gasteiger partial charge in [0, 0.05) is 31.5 Å². The molecule has 2 heterocycles. The van der Waals surface area contributed by atoms with Gasteiger partial charge >= 0.3 is 0 Å². The lowest BCUT2D eigenvalue weighted by Gasteiger charge is -2.11. The van der Waals surface area contributed by atoms with E-state index in [-0.39, 0.29) is 0 Å². The van der Waals surface area contributed by atoms with E-state index in [0.29, 0.717) is 6.54 Å². The van der Waals surface area contributed by atoms with Gasteiger partial charge in [0.25, 0.3) is 0 Å². The molecule has 2 aromatic heterocycles. The third-order valence-corrected chi connectivity index (χ3v) is 3.91. The van der Waals surface area contributed by atoms with E-state index in [1.165, 1.54) is 5.56 Å². The topological polar surface area (TPSA) is 72.0 Å². The summed E-state index contributed by atoms with van der Waals surface area (Å²) in [6.07, 6.45) is 4.46. The highest BCUT2D eigenvalue weighted by molar-refractivity contribution is 5.48. The number of hydrogen-bond donors (Lipinski definition) is 2. The monoisotopic (exact) mass is 349 g/mol. The van der Waals surface area contributed by atoms with E-state index in [1.54, 1.807) is 19.5 Å². The van der Waals surface area contributed by atoms with Crippen LogP contribution < -0.4 is 15.4 Å². The minimum Gasteiger partial charge on any atom is -0.497 e. The molecule has 0 radical (unpaired) electrons. The van der Waals surface area contributed by atoms with Crippen molar-refractivity contribution >= 4 is 11.6 Å². The molecule has 0 amide bonds. The summed E-state index contributed by atoms with van der Waals surface area (Å²) in [5.41, 5.74) is 2.38. The van der Waals surface area contributed by atoms with E-state index < -0.39 is 0 Å². The predicted molar refractivity (Wildman–Crippen MR) is 104 cm³/mol. The molecule has 0 atom stereocenters. The van der Waals surface area contributed by atoms with Crippen molar-refractivity contribution in [3.63, 3.8) is 0 Å². The fourth-order valence-corrected chi connectivity index (χ4v) is 2.60. The fourth-order valence-electron chi connectivity index (χ4n) is 2.60. The Morgan fingerprint density at radius 3 is 2.46 bits per heavy atom. The number of pyridine rings is 1. The summed E-state index contributed by atoms with van der Waals surface area (Å²) < 4.78 is 5.26. The number of ether oxygens (including phenoxy) is 1. The summed E-state index contributed by atoms with van der Waals surface area (Å²) in [4.78, 5) is 12.9. The van der Waals surface area contributed by atoms with Crippen molar-refractivity contribution < 1.29 is 4.74 Å². The van der Waals surface area contributed by atoms with Gasteiger partial charge in [-0.1, -0.05) is 12.1 Å². The molecule has 6 heteroatoms. The lowest BCUT2D eigenvalue weighted by molar-refractivity contribution is 0.414. The first kappa shape index (κ1) is 17.7. The number of aryl methyl sites for hydroxylation is 1. The molecular formula is C20H23N5O. The molecule has 0 fully saturated rings. The third kappa shape index (κ3) is 5.17. The predicted octanol–water partition coefficient (Wildman–Crippen LogP) is 3.46. The minimum atomic E-state index is 0.697. The Kier molecular flexibility index (Phi) is 5.98. The van der Waals surface area contributed by atoms with Crippen molar-refractivity contribution in [2.24, 2.45) is 0 Å². The van der Waals surface area contributed by atoms with Gasteiger partial charge in [0.05, 0.1) is 7.11 Å². The van der Waals surface area contributed by atoms with Crippen LogP contribution in [0.3, 0.4) is 0 Å². The first-order valence-corrected chi connectivity index (χ1v) is 8.58. The number of methoxy groups -OCH3 is 1. The first-order valence-electron chi connectivity index (χ1n) is 8.58. The van der Waals surface area contributed by atoms with Crippen molar-refractivity contribution in [2.45, 2.75) is 19.9 Å². The Labute approximate surface area is 153 Å². The van der Waals surface area contributed by atoms with Crippen LogP contribution in [0.5, 0.6) is 5.75 Å². The highest BCUT2D eigenvalue weighted by atomic mass is 16.5. The molecular weight excluding hydrogens is 326 g/mol. The molecule has 134 valence electrons. The van der Waals surface area contributed by atoms with Crippen molar-refractivity contribution in [1.29, 1.82) is 0 Å². The highest BCUT2D eigenvalue weighted by Gasteiger charge is 2.03. The molecule has 0 aliphatic rings. The summed E-state index contributed by atoms with van der Waals surface area (Å²) in [7, 11) is 1.68. The van der Waals surface area contributed by atoms with Gasteiger partial charge in [-0.05, 0) is 48.7 Å². The Morgan fingerprint density at radius 1 is 0.923 bits per heavy atom. The normalized spacial score (nSPS) is 10.4. The van der Waals surface area contributed by atoms with Crippen LogP contribution in [0.1, 0.15) is 17.0 Å². The number of nitrogens with zero attached hydrogens (tertiary/aromatic N) is 3. The SMILES string of the molecule is COc1cccc(CCNc2cc(NCc3ccncc3)nc(C)n2)c1. The molecule has 3 rings (SSSR count). The van der Waals surface area contributed by atoms with E-state index in [1.807, 2.05) is 37.3 Å². The first-order chi connectivity index (χ1) is 12.7. The number of aromatic nitrogens is 3. The zero-order valence-electron chi connectivity index (χ0n) is 15.1. The summed E-state index contributed by atoms with van der Waals surface area (Å²) in [5.74, 6) is 3.23. The van der Waals surface area contributed by atoms with Crippen molar-refractivity contribution in [2.75, 3.05) is 24.3 Å². The molecule has 26 heavy (non-hydrogen) atoms. The maximum atomic E-state index is 5.26. The Balaban J connectivity index is 1.56. The van der Waals surface area contributed by atoms with E-state index >= 15 is 0 Å². The molecule has 0 unspecified atom stereocenters. The Morgan fingerprint density at radius 2 is 1.69 bits per heavy atom. The standard InChI is InChI=1S/C20H23N5O/c1-15-24-19(22-11-8-16-4-3-5-18(12-16)26-2)13-20(25-15)23-14-17-6-9-21-10-7-17/h3-7,9-10,12-13H,8,11,14H2,1-2H3,(H2,22,23,24,25). The molecule has 0 aliphatic carbocycles. The van der Waals surface area contributed by atoms with Gasteiger partial charge in [0.2, 0.25) is 0 Å². The van der Waals surface area contributed by atoms with Crippen LogP contribution >= 0.6 is 0 Å². The van der Waals surface area contributed by atoms with E-state index in [4.69, 9.17) is 4.74 Å². The average molecular weight is 349 g/mol. The lowest BCUT2D eigenvalue weighted by atomic mass is 10.1. The van der Waals surface area contributed by atoms with Crippen LogP contribution in [0.25, 0.3) is 0 Å². The third-order valence-electron chi connectivity index (χ3n) is 3.91. The molecule has 3 aromatic rings. The van der Waals surface area contributed by atoms with Crippen molar-refractivity contribution in [3.05, 3.63) is 71.8 Å². The average Bonchev–Trinajstić information content (AvgIpc) is 2.67. The quantitative estimate of drug-likeness (QED) is 0.649. The molecule has 0 saturated heterocycles. The number of anilines is 2. The summed E-state index contributed by atoms with van der Waals surface area (Å²) in [6, 6.07) is 14.0. The molecule has 6 nitrogen and oxygen atoms in total. The van der Waals surface area contributed by atoms with E-state index in [9.17, 15) is 0 Å². The molecule has 0 spiro atoms. The van der Waals surface area contributed by atoms with Gasteiger partial charge < -0.3 is 15.4 Å².